The molecule has 7 nitrogen and oxygen atoms in total. The number of rotatable bonds is 5. The zero-order chi connectivity index (χ0) is 16.9. The fourth-order valence-electron chi connectivity index (χ4n) is 3.35. The first-order chi connectivity index (χ1) is 12.4. The van der Waals surface area contributed by atoms with E-state index >= 15 is 0 Å². The van der Waals surface area contributed by atoms with E-state index in [0.717, 1.165) is 64.7 Å². The second-order valence-electron chi connectivity index (χ2n) is 6.46. The minimum atomic E-state index is 0.700. The number of benzene rings is 1. The monoisotopic (exact) mass is 340 g/mol. The van der Waals surface area contributed by atoms with E-state index < -0.39 is 0 Å². The van der Waals surface area contributed by atoms with E-state index in [1.54, 1.807) is 6.20 Å². The van der Waals surface area contributed by atoms with E-state index in [2.05, 4.69) is 54.6 Å². The summed E-state index contributed by atoms with van der Waals surface area (Å²) in [6.07, 6.45) is 2.72. The maximum atomic E-state index is 5.37. The molecule has 7 heteroatoms. The van der Waals surface area contributed by atoms with Gasteiger partial charge in [-0.2, -0.15) is 10.1 Å². The van der Waals surface area contributed by atoms with Gasteiger partial charge in [-0.3, -0.25) is 4.90 Å². The van der Waals surface area contributed by atoms with Crippen LogP contribution in [0.3, 0.4) is 0 Å². The first kappa shape index (κ1) is 16.2. The Labute approximate surface area is 148 Å². The van der Waals surface area contributed by atoms with E-state index in [1.165, 1.54) is 11.1 Å². The Bertz CT molecular complexity index is 703. The highest BCUT2D eigenvalue weighted by Crippen LogP contribution is 2.21. The van der Waals surface area contributed by atoms with Crippen LogP contribution in [0.25, 0.3) is 0 Å². The van der Waals surface area contributed by atoms with Crippen LogP contribution < -0.4 is 10.2 Å². The van der Waals surface area contributed by atoms with Gasteiger partial charge in [-0.05, 0) is 17.5 Å². The average molecular weight is 340 g/mol. The third kappa shape index (κ3) is 4.05. The summed E-state index contributed by atoms with van der Waals surface area (Å²) in [6.45, 7) is 7.27. The number of hydrogen-bond acceptors (Lipinski definition) is 7. The molecule has 0 amide bonds. The lowest BCUT2D eigenvalue weighted by Crippen LogP contribution is -2.39. The highest BCUT2D eigenvalue weighted by Gasteiger charge is 2.18. The smallest absolute Gasteiger partial charge is 0.247 e. The second-order valence-corrected chi connectivity index (χ2v) is 6.46. The van der Waals surface area contributed by atoms with Gasteiger partial charge in [-0.1, -0.05) is 24.3 Å². The topological polar surface area (TPSA) is 66.4 Å². The molecule has 0 saturated carbocycles. The normalized spacial score (nSPS) is 18.0. The van der Waals surface area contributed by atoms with Crippen molar-refractivity contribution in [3.05, 3.63) is 41.6 Å². The maximum Gasteiger partial charge on any atom is 0.247 e. The van der Waals surface area contributed by atoms with Crippen molar-refractivity contribution in [2.45, 2.75) is 13.0 Å². The number of morpholine rings is 1. The molecular weight excluding hydrogens is 316 g/mol. The van der Waals surface area contributed by atoms with Crippen molar-refractivity contribution in [3.63, 3.8) is 0 Å². The van der Waals surface area contributed by atoms with Gasteiger partial charge in [0, 0.05) is 39.3 Å². The van der Waals surface area contributed by atoms with Crippen LogP contribution in [0.2, 0.25) is 0 Å². The number of hydrogen-bond donors (Lipinski definition) is 1. The Kier molecular flexibility index (Phi) is 5.03. The summed E-state index contributed by atoms with van der Waals surface area (Å²) >= 11 is 0. The molecule has 1 saturated heterocycles. The van der Waals surface area contributed by atoms with Crippen molar-refractivity contribution in [2.75, 3.05) is 56.2 Å². The Morgan fingerprint density at radius 2 is 1.92 bits per heavy atom. The zero-order valence-electron chi connectivity index (χ0n) is 14.4. The summed E-state index contributed by atoms with van der Waals surface area (Å²) < 4.78 is 5.37. The molecular formula is C18H24N6O. The number of fused-ring (bicyclic) bond motifs is 1. The molecule has 1 aromatic heterocycles. The quantitative estimate of drug-likeness (QED) is 0.876. The van der Waals surface area contributed by atoms with Crippen LogP contribution in [0.15, 0.2) is 30.5 Å². The first-order valence-corrected chi connectivity index (χ1v) is 8.94. The predicted molar refractivity (Wildman–Crippen MR) is 96.8 cm³/mol. The average Bonchev–Trinajstić information content (AvgIpc) is 2.69. The summed E-state index contributed by atoms with van der Waals surface area (Å²) in [7, 11) is 0. The van der Waals surface area contributed by atoms with Crippen LogP contribution in [0.4, 0.5) is 11.8 Å². The van der Waals surface area contributed by atoms with Crippen LogP contribution >= 0.6 is 0 Å². The van der Waals surface area contributed by atoms with Crippen molar-refractivity contribution in [1.29, 1.82) is 0 Å². The molecule has 2 aromatic rings. The molecule has 2 aliphatic heterocycles. The fraction of sp³-hybridized carbons (Fsp3) is 0.500. The number of nitrogens with one attached hydrogen (secondary N) is 1. The van der Waals surface area contributed by atoms with Gasteiger partial charge < -0.3 is 15.0 Å². The van der Waals surface area contributed by atoms with Gasteiger partial charge in [0.25, 0.3) is 0 Å². The summed E-state index contributed by atoms with van der Waals surface area (Å²) in [5, 5.41) is 11.7. The molecule has 0 atom stereocenters. The number of anilines is 2. The van der Waals surface area contributed by atoms with Crippen molar-refractivity contribution >= 4 is 11.8 Å². The lowest BCUT2D eigenvalue weighted by Gasteiger charge is -2.28. The van der Waals surface area contributed by atoms with Gasteiger partial charge in [0.15, 0.2) is 5.82 Å². The highest BCUT2D eigenvalue weighted by molar-refractivity contribution is 5.43. The predicted octanol–water partition coefficient (Wildman–Crippen LogP) is 1.18. The lowest BCUT2D eigenvalue weighted by molar-refractivity contribution is 0.0398. The standard InChI is InChI=1S/C18H24N6O/c1-2-4-16-14-24(7-5-15(16)3-1)18-21-17(13-20-22-18)19-6-8-23-9-11-25-12-10-23/h1-4,13H,5-12,14H2,(H,19,21,22). The van der Waals surface area contributed by atoms with E-state index in [1.807, 2.05) is 0 Å². The molecule has 1 fully saturated rings. The molecule has 0 spiro atoms. The SMILES string of the molecule is c1ccc2c(c1)CCN(c1nncc(NCCN3CCOCC3)n1)C2. The third-order valence-corrected chi connectivity index (χ3v) is 4.80. The van der Waals surface area contributed by atoms with Crippen LogP contribution in [0.5, 0.6) is 0 Å². The molecule has 0 bridgehead atoms. The summed E-state index contributed by atoms with van der Waals surface area (Å²) in [5.74, 6) is 1.49. The van der Waals surface area contributed by atoms with Crippen LogP contribution in [-0.4, -0.2) is 66.0 Å². The van der Waals surface area contributed by atoms with Gasteiger partial charge >= 0.3 is 0 Å². The molecule has 1 aromatic carbocycles. The highest BCUT2D eigenvalue weighted by atomic mass is 16.5. The minimum Gasteiger partial charge on any atom is -0.379 e. The van der Waals surface area contributed by atoms with Gasteiger partial charge in [0.2, 0.25) is 5.95 Å². The molecule has 1 N–H and O–H groups in total. The number of aromatic nitrogens is 3. The third-order valence-electron chi connectivity index (χ3n) is 4.80. The second kappa shape index (κ2) is 7.76. The van der Waals surface area contributed by atoms with Gasteiger partial charge in [0.1, 0.15) is 0 Å². The molecule has 0 unspecified atom stereocenters. The lowest BCUT2D eigenvalue weighted by atomic mass is 10.0. The van der Waals surface area contributed by atoms with E-state index in [-0.39, 0.29) is 0 Å². The largest absolute Gasteiger partial charge is 0.379 e. The minimum absolute atomic E-state index is 0.700. The fourth-order valence-corrected chi connectivity index (χ4v) is 3.35. The van der Waals surface area contributed by atoms with E-state index in [4.69, 9.17) is 4.74 Å². The van der Waals surface area contributed by atoms with Gasteiger partial charge in [-0.15, -0.1) is 5.10 Å². The van der Waals surface area contributed by atoms with E-state index in [0.29, 0.717) is 5.95 Å². The Hall–Kier alpha value is -2.25. The van der Waals surface area contributed by atoms with E-state index in [9.17, 15) is 0 Å². The molecule has 0 radical (unpaired) electrons. The molecule has 3 heterocycles. The molecule has 2 aliphatic rings. The van der Waals surface area contributed by atoms with Gasteiger partial charge in [0.05, 0.1) is 19.4 Å². The van der Waals surface area contributed by atoms with Crippen LogP contribution in [0.1, 0.15) is 11.1 Å². The summed E-state index contributed by atoms with van der Waals surface area (Å²) in [5.41, 5.74) is 2.77. The molecule has 25 heavy (non-hydrogen) atoms. The maximum absolute atomic E-state index is 5.37. The Balaban J connectivity index is 1.35. The molecule has 132 valence electrons. The van der Waals surface area contributed by atoms with Crippen LogP contribution in [0, 0.1) is 0 Å². The van der Waals surface area contributed by atoms with Crippen molar-refractivity contribution in [2.24, 2.45) is 0 Å². The summed E-state index contributed by atoms with van der Waals surface area (Å²) in [4.78, 5) is 9.24. The van der Waals surface area contributed by atoms with Crippen LogP contribution in [-0.2, 0) is 17.7 Å². The first-order valence-electron chi connectivity index (χ1n) is 8.94. The number of ether oxygens (including phenoxy) is 1. The van der Waals surface area contributed by atoms with Crippen molar-refractivity contribution < 1.29 is 4.74 Å². The Morgan fingerprint density at radius 1 is 1.08 bits per heavy atom. The number of nitrogens with zero attached hydrogens (tertiary/aromatic N) is 5. The van der Waals surface area contributed by atoms with Gasteiger partial charge in [-0.25, -0.2) is 0 Å². The Morgan fingerprint density at radius 3 is 2.80 bits per heavy atom. The molecule has 4 rings (SSSR count). The summed E-state index contributed by atoms with van der Waals surface area (Å²) in [6, 6.07) is 8.57. The zero-order valence-corrected chi connectivity index (χ0v) is 14.4. The van der Waals surface area contributed by atoms with Crippen molar-refractivity contribution in [1.82, 2.24) is 20.1 Å². The molecule has 0 aliphatic carbocycles. The van der Waals surface area contributed by atoms with Crippen molar-refractivity contribution in [3.8, 4) is 0 Å².